The molecule has 17 heavy (non-hydrogen) atoms. The second-order valence-corrected chi connectivity index (χ2v) is 3.90. The number of nitrogens with zero attached hydrogens (tertiary/aromatic N) is 1. The van der Waals surface area contributed by atoms with Gasteiger partial charge in [0.2, 0.25) is 0 Å². The number of nitrogens with one attached hydrogen (secondary N) is 1. The van der Waals surface area contributed by atoms with Crippen molar-refractivity contribution in [2.24, 2.45) is 5.92 Å². The SMILES string of the molecule is Cc1ccc([N+](=O)[O-])c(NCC(C)C(=O)O)c1. The lowest BCUT2D eigenvalue weighted by Gasteiger charge is -2.10. The molecule has 0 aliphatic rings. The van der Waals surface area contributed by atoms with Crippen molar-refractivity contribution in [3.8, 4) is 0 Å². The van der Waals surface area contributed by atoms with Crippen LogP contribution in [0.2, 0.25) is 0 Å². The van der Waals surface area contributed by atoms with Crippen molar-refractivity contribution in [3.63, 3.8) is 0 Å². The molecule has 1 rings (SSSR count). The summed E-state index contributed by atoms with van der Waals surface area (Å²) in [6.45, 7) is 3.51. The highest BCUT2D eigenvalue weighted by Gasteiger charge is 2.16. The van der Waals surface area contributed by atoms with Gasteiger partial charge in [-0.05, 0) is 18.6 Å². The highest BCUT2D eigenvalue weighted by atomic mass is 16.6. The number of benzene rings is 1. The normalized spacial score (nSPS) is 11.9. The first-order valence-electron chi connectivity index (χ1n) is 5.13. The Labute approximate surface area is 98.4 Å². The maximum Gasteiger partial charge on any atom is 0.308 e. The first-order chi connectivity index (χ1) is 7.91. The zero-order valence-corrected chi connectivity index (χ0v) is 9.64. The Morgan fingerprint density at radius 2 is 2.24 bits per heavy atom. The van der Waals surface area contributed by atoms with Gasteiger partial charge < -0.3 is 10.4 Å². The van der Waals surface area contributed by atoms with Gasteiger partial charge in [0.15, 0.2) is 0 Å². The van der Waals surface area contributed by atoms with Crippen molar-refractivity contribution in [1.29, 1.82) is 0 Å². The van der Waals surface area contributed by atoms with E-state index in [1.54, 1.807) is 12.1 Å². The molecule has 0 fully saturated rings. The average Bonchev–Trinajstić information content (AvgIpc) is 2.25. The van der Waals surface area contributed by atoms with E-state index in [0.717, 1.165) is 5.56 Å². The molecule has 0 aromatic heterocycles. The predicted molar refractivity (Wildman–Crippen MR) is 63.1 cm³/mol. The van der Waals surface area contributed by atoms with Crippen molar-refractivity contribution in [2.75, 3.05) is 11.9 Å². The molecule has 0 spiro atoms. The van der Waals surface area contributed by atoms with E-state index in [1.165, 1.54) is 13.0 Å². The van der Waals surface area contributed by atoms with Gasteiger partial charge >= 0.3 is 5.97 Å². The van der Waals surface area contributed by atoms with Crippen LogP contribution in [0, 0.1) is 23.0 Å². The molecule has 0 saturated heterocycles. The summed E-state index contributed by atoms with van der Waals surface area (Å²) >= 11 is 0. The van der Waals surface area contributed by atoms with Crippen molar-refractivity contribution in [2.45, 2.75) is 13.8 Å². The van der Waals surface area contributed by atoms with E-state index in [4.69, 9.17) is 5.11 Å². The number of nitro groups is 1. The molecular weight excluding hydrogens is 224 g/mol. The minimum Gasteiger partial charge on any atom is -0.481 e. The largest absolute Gasteiger partial charge is 0.481 e. The quantitative estimate of drug-likeness (QED) is 0.604. The standard InChI is InChI=1S/C11H14N2O4/c1-7-3-4-10(13(16)17)9(5-7)12-6-8(2)11(14)15/h3-5,8,12H,6H2,1-2H3,(H,14,15). The van der Waals surface area contributed by atoms with Crippen molar-refractivity contribution in [1.82, 2.24) is 0 Å². The molecule has 1 aromatic rings. The van der Waals surface area contributed by atoms with Crippen molar-refractivity contribution >= 4 is 17.3 Å². The second-order valence-electron chi connectivity index (χ2n) is 3.90. The fourth-order valence-electron chi connectivity index (χ4n) is 1.30. The van der Waals surface area contributed by atoms with Crippen LogP contribution in [-0.4, -0.2) is 22.5 Å². The Morgan fingerprint density at radius 3 is 2.76 bits per heavy atom. The van der Waals surface area contributed by atoms with Crippen LogP contribution in [-0.2, 0) is 4.79 Å². The van der Waals surface area contributed by atoms with Crippen LogP contribution in [0.5, 0.6) is 0 Å². The summed E-state index contributed by atoms with van der Waals surface area (Å²) in [6, 6.07) is 4.68. The van der Waals surface area contributed by atoms with Gasteiger partial charge in [-0.3, -0.25) is 14.9 Å². The third kappa shape index (κ3) is 3.44. The van der Waals surface area contributed by atoms with Crippen LogP contribution in [0.4, 0.5) is 11.4 Å². The third-order valence-electron chi connectivity index (χ3n) is 2.37. The van der Waals surface area contributed by atoms with Crippen molar-refractivity contribution in [3.05, 3.63) is 33.9 Å². The van der Waals surface area contributed by atoms with Crippen molar-refractivity contribution < 1.29 is 14.8 Å². The van der Waals surface area contributed by atoms with Gasteiger partial charge in [-0.2, -0.15) is 0 Å². The van der Waals surface area contributed by atoms with E-state index in [2.05, 4.69) is 5.32 Å². The number of aryl methyl sites for hydroxylation is 1. The van der Waals surface area contributed by atoms with E-state index in [1.807, 2.05) is 6.92 Å². The number of aliphatic carboxylic acids is 1. The molecule has 0 aliphatic carbocycles. The number of anilines is 1. The van der Waals surface area contributed by atoms with Crippen LogP contribution in [0.3, 0.4) is 0 Å². The van der Waals surface area contributed by atoms with E-state index < -0.39 is 16.8 Å². The Bertz CT molecular complexity index is 445. The molecular formula is C11H14N2O4. The Hall–Kier alpha value is -2.11. The lowest BCUT2D eigenvalue weighted by Crippen LogP contribution is -2.20. The molecule has 2 N–H and O–H groups in total. The zero-order chi connectivity index (χ0) is 13.0. The molecule has 0 aliphatic heterocycles. The van der Waals surface area contributed by atoms with Crippen LogP contribution >= 0.6 is 0 Å². The minimum atomic E-state index is -0.937. The van der Waals surface area contributed by atoms with E-state index in [9.17, 15) is 14.9 Å². The molecule has 1 aromatic carbocycles. The van der Waals surface area contributed by atoms with Gasteiger partial charge in [0.25, 0.3) is 5.69 Å². The summed E-state index contributed by atoms with van der Waals surface area (Å²) in [7, 11) is 0. The number of hydrogen-bond acceptors (Lipinski definition) is 4. The van der Waals surface area contributed by atoms with Crippen LogP contribution in [0.25, 0.3) is 0 Å². The molecule has 0 heterocycles. The molecule has 1 atom stereocenters. The lowest BCUT2D eigenvalue weighted by atomic mass is 10.1. The molecule has 0 amide bonds. The highest BCUT2D eigenvalue weighted by Crippen LogP contribution is 2.25. The third-order valence-corrected chi connectivity index (χ3v) is 2.37. The van der Waals surface area contributed by atoms with Gasteiger partial charge in [0.1, 0.15) is 5.69 Å². The fraction of sp³-hybridized carbons (Fsp3) is 0.364. The summed E-state index contributed by atoms with van der Waals surface area (Å²) in [4.78, 5) is 20.9. The summed E-state index contributed by atoms with van der Waals surface area (Å²) in [5.41, 5.74) is 1.18. The lowest BCUT2D eigenvalue weighted by molar-refractivity contribution is -0.384. The van der Waals surface area contributed by atoms with E-state index in [0.29, 0.717) is 5.69 Å². The predicted octanol–water partition coefficient (Wildman–Crippen LogP) is 2.04. The summed E-state index contributed by atoms with van der Waals surface area (Å²) in [5.74, 6) is -1.54. The number of hydrogen-bond donors (Lipinski definition) is 2. The number of carbonyl (C=O) groups is 1. The molecule has 6 nitrogen and oxygen atoms in total. The maximum atomic E-state index is 10.8. The average molecular weight is 238 g/mol. The molecule has 0 saturated carbocycles. The number of nitro benzene ring substituents is 1. The van der Waals surface area contributed by atoms with Crippen LogP contribution in [0.15, 0.2) is 18.2 Å². The monoisotopic (exact) mass is 238 g/mol. The summed E-state index contributed by atoms with van der Waals surface area (Å²) in [5, 5.41) is 22.3. The van der Waals surface area contributed by atoms with Gasteiger partial charge in [0, 0.05) is 12.6 Å². The summed E-state index contributed by atoms with van der Waals surface area (Å²) < 4.78 is 0. The zero-order valence-electron chi connectivity index (χ0n) is 9.64. The Kier molecular flexibility index (Phi) is 4.03. The smallest absolute Gasteiger partial charge is 0.308 e. The van der Waals surface area contributed by atoms with Gasteiger partial charge in [-0.15, -0.1) is 0 Å². The molecule has 0 bridgehead atoms. The minimum absolute atomic E-state index is 0.0480. The molecule has 0 radical (unpaired) electrons. The van der Waals surface area contributed by atoms with Gasteiger partial charge in [-0.1, -0.05) is 13.0 Å². The van der Waals surface area contributed by atoms with Crippen LogP contribution < -0.4 is 5.32 Å². The number of carboxylic acids is 1. The Balaban J connectivity index is 2.85. The maximum absolute atomic E-state index is 10.8. The fourth-order valence-corrected chi connectivity index (χ4v) is 1.30. The number of rotatable bonds is 5. The topological polar surface area (TPSA) is 92.5 Å². The van der Waals surface area contributed by atoms with E-state index in [-0.39, 0.29) is 12.2 Å². The highest BCUT2D eigenvalue weighted by molar-refractivity contribution is 5.71. The molecule has 92 valence electrons. The molecule has 6 heteroatoms. The number of carboxylic acid groups (broad SMARTS) is 1. The van der Waals surface area contributed by atoms with Gasteiger partial charge in [-0.25, -0.2) is 0 Å². The molecule has 1 unspecified atom stereocenters. The van der Waals surface area contributed by atoms with Gasteiger partial charge in [0.05, 0.1) is 10.8 Å². The van der Waals surface area contributed by atoms with E-state index >= 15 is 0 Å². The first kappa shape index (κ1) is 13.0. The summed E-state index contributed by atoms with van der Waals surface area (Å²) in [6.07, 6.45) is 0. The van der Waals surface area contributed by atoms with Crippen LogP contribution in [0.1, 0.15) is 12.5 Å². The second kappa shape index (κ2) is 5.29. The Morgan fingerprint density at radius 1 is 1.59 bits per heavy atom. The first-order valence-corrected chi connectivity index (χ1v) is 5.13.